The summed E-state index contributed by atoms with van der Waals surface area (Å²) in [6, 6.07) is 10.9. The van der Waals surface area contributed by atoms with Gasteiger partial charge in [-0.15, -0.1) is 0 Å². The van der Waals surface area contributed by atoms with Crippen molar-refractivity contribution in [2.45, 2.75) is 25.8 Å². The molecule has 3 heterocycles. The fourth-order valence-corrected chi connectivity index (χ4v) is 4.19. The Bertz CT molecular complexity index is 885. The van der Waals surface area contributed by atoms with Crippen molar-refractivity contribution in [3.63, 3.8) is 0 Å². The van der Waals surface area contributed by atoms with E-state index in [4.69, 9.17) is 16.0 Å². The van der Waals surface area contributed by atoms with Crippen LogP contribution in [0, 0.1) is 0 Å². The topological polar surface area (TPSA) is 53.8 Å². The summed E-state index contributed by atoms with van der Waals surface area (Å²) in [5.41, 5.74) is 0.855. The van der Waals surface area contributed by atoms with E-state index in [0.29, 0.717) is 15.7 Å². The molecule has 27 heavy (non-hydrogen) atoms. The van der Waals surface area contributed by atoms with E-state index < -0.39 is 0 Å². The Morgan fingerprint density at radius 2 is 1.78 bits per heavy atom. The third kappa shape index (κ3) is 4.06. The average molecular weight is 403 g/mol. The molecule has 0 aliphatic carbocycles. The molecule has 2 fully saturated rings. The summed E-state index contributed by atoms with van der Waals surface area (Å²) in [5, 5.41) is 0.346. The van der Waals surface area contributed by atoms with Gasteiger partial charge in [-0.25, -0.2) is 0 Å². The van der Waals surface area contributed by atoms with Crippen molar-refractivity contribution in [2.24, 2.45) is 0 Å². The Labute approximate surface area is 167 Å². The van der Waals surface area contributed by atoms with Gasteiger partial charge in [-0.05, 0) is 54.8 Å². The molecule has 7 heteroatoms. The van der Waals surface area contributed by atoms with Crippen LogP contribution in [0.15, 0.2) is 45.7 Å². The molecule has 5 nitrogen and oxygen atoms in total. The molecule has 0 N–H and O–H groups in total. The minimum atomic E-state index is -0.295. The zero-order valence-electron chi connectivity index (χ0n) is 14.7. The number of imide groups is 1. The highest BCUT2D eigenvalue weighted by atomic mass is 35.5. The lowest BCUT2D eigenvalue weighted by molar-refractivity contribution is -0.123. The summed E-state index contributed by atoms with van der Waals surface area (Å²) in [7, 11) is 0. The average Bonchev–Trinajstić information content (AvgIpc) is 3.25. The van der Waals surface area contributed by atoms with E-state index in [1.807, 2.05) is 24.3 Å². The predicted octanol–water partition coefficient (Wildman–Crippen LogP) is 5.16. The van der Waals surface area contributed by atoms with Gasteiger partial charge in [-0.2, -0.15) is 0 Å². The highest BCUT2D eigenvalue weighted by molar-refractivity contribution is 8.18. The quantitative estimate of drug-likeness (QED) is 0.661. The van der Waals surface area contributed by atoms with Crippen LogP contribution in [-0.4, -0.2) is 29.1 Å². The minimum absolute atomic E-state index is 0.232. The number of carbonyl (C=O) groups is 2. The number of hydrogen-bond donors (Lipinski definition) is 0. The smallest absolute Gasteiger partial charge is 0.293 e. The highest BCUT2D eigenvalue weighted by Crippen LogP contribution is 2.34. The summed E-state index contributed by atoms with van der Waals surface area (Å²) in [5.74, 6) is 1.12. The van der Waals surface area contributed by atoms with Crippen LogP contribution in [0.4, 0.5) is 10.7 Å². The maximum absolute atomic E-state index is 12.6. The van der Waals surface area contributed by atoms with Crippen LogP contribution in [0.2, 0.25) is 5.02 Å². The Morgan fingerprint density at radius 1 is 1.04 bits per heavy atom. The molecule has 2 amide bonds. The van der Waals surface area contributed by atoms with E-state index in [0.717, 1.165) is 36.3 Å². The van der Waals surface area contributed by atoms with Gasteiger partial charge < -0.3 is 9.32 Å². The zero-order valence-corrected chi connectivity index (χ0v) is 16.3. The second-order valence-corrected chi connectivity index (χ2v) is 8.05. The largest absolute Gasteiger partial charge is 0.441 e. The van der Waals surface area contributed by atoms with Gasteiger partial charge in [0, 0.05) is 30.3 Å². The number of amides is 2. The third-order valence-corrected chi connectivity index (χ3v) is 5.84. The molecule has 2 aliphatic heterocycles. The van der Waals surface area contributed by atoms with Gasteiger partial charge in [-0.3, -0.25) is 14.5 Å². The predicted molar refractivity (Wildman–Crippen MR) is 108 cm³/mol. The molecule has 140 valence electrons. The number of furan rings is 1. The summed E-state index contributed by atoms with van der Waals surface area (Å²) in [6.07, 6.45) is 5.24. The van der Waals surface area contributed by atoms with E-state index in [2.05, 4.69) is 4.90 Å². The van der Waals surface area contributed by atoms with Crippen LogP contribution in [-0.2, 0) is 11.3 Å². The first-order valence-corrected chi connectivity index (χ1v) is 10.1. The van der Waals surface area contributed by atoms with Crippen LogP contribution in [0.25, 0.3) is 6.08 Å². The number of thioether (sulfide) groups is 1. The third-order valence-electron chi connectivity index (χ3n) is 4.68. The van der Waals surface area contributed by atoms with Gasteiger partial charge in [0.2, 0.25) is 0 Å². The number of hydrogen-bond acceptors (Lipinski definition) is 5. The molecule has 1 aromatic heterocycles. The van der Waals surface area contributed by atoms with Crippen LogP contribution >= 0.6 is 23.4 Å². The standard InChI is InChI=1S/C20H19ClN2O3S/c21-15-6-4-14(5-7-15)13-23-19(24)17(27-20(23)25)12-16-8-9-18(26-16)22-10-2-1-3-11-22/h4-9,12H,1-3,10-11,13H2/b17-12-. The minimum Gasteiger partial charge on any atom is -0.441 e. The lowest BCUT2D eigenvalue weighted by atomic mass is 10.1. The molecule has 2 saturated heterocycles. The summed E-state index contributed by atoms with van der Waals surface area (Å²) < 4.78 is 5.87. The summed E-state index contributed by atoms with van der Waals surface area (Å²) >= 11 is 6.83. The number of halogens is 1. The van der Waals surface area contributed by atoms with Crippen molar-refractivity contribution in [1.82, 2.24) is 4.90 Å². The maximum Gasteiger partial charge on any atom is 0.293 e. The number of piperidine rings is 1. The molecule has 2 aromatic rings. The fraction of sp³-hybridized carbons (Fsp3) is 0.300. The van der Waals surface area contributed by atoms with Gasteiger partial charge in [0.05, 0.1) is 11.4 Å². The molecule has 0 bridgehead atoms. The van der Waals surface area contributed by atoms with Crippen molar-refractivity contribution >= 4 is 46.5 Å². The molecule has 4 rings (SSSR count). The van der Waals surface area contributed by atoms with E-state index in [1.165, 1.54) is 24.2 Å². The molecule has 0 saturated carbocycles. The lowest BCUT2D eigenvalue weighted by Crippen LogP contribution is -2.28. The van der Waals surface area contributed by atoms with Crippen LogP contribution in [0.3, 0.4) is 0 Å². The van der Waals surface area contributed by atoms with Crippen LogP contribution < -0.4 is 4.90 Å². The number of nitrogens with zero attached hydrogens (tertiary/aromatic N) is 2. The van der Waals surface area contributed by atoms with Gasteiger partial charge in [0.25, 0.3) is 11.1 Å². The normalized spacial score (nSPS) is 19.4. The van der Waals surface area contributed by atoms with E-state index in [9.17, 15) is 9.59 Å². The van der Waals surface area contributed by atoms with Gasteiger partial charge in [0.15, 0.2) is 5.88 Å². The number of anilines is 1. The van der Waals surface area contributed by atoms with E-state index >= 15 is 0 Å². The Hall–Kier alpha value is -2.18. The highest BCUT2D eigenvalue weighted by Gasteiger charge is 2.35. The maximum atomic E-state index is 12.6. The summed E-state index contributed by atoms with van der Waals surface area (Å²) in [4.78, 5) is 28.8. The van der Waals surface area contributed by atoms with Crippen molar-refractivity contribution in [2.75, 3.05) is 18.0 Å². The van der Waals surface area contributed by atoms with E-state index in [1.54, 1.807) is 18.2 Å². The lowest BCUT2D eigenvalue weighted by Gasteiger charge is -2.25. The monoisotopic (exact) mass is 402 g/mol. The molecule has 0 atom stereocenters. The molecule has 0 unspecified atom stereocenters. The van der Waals surface area contributed by atoms with Crippen molar-refractivity contribution in [1.29, 1.82) is 0 Å². The van der Waals surface area contributed by atoms with Crippen LogP contribution in [0.1, 0.15) is 30.6 Å². The van der Waals surface area contributed by atoms with Gasteiger partial charge in [-0.1, -0.05) is 23.7 Å². The number of rotatable bonds is 4. The molecule has 2 aliphatic rings. The zero-order chi connectivity index (χ0) is 18.8. The van der Waals surface area contributed by atoms with Crippen molar-refractivity contribution < 1.29 is 14.0 Å². The van der Waals surface area contributed by atoms with Crippen molar-refractivity contribution in [3.05, 3.63) is 57.6 Å². The van der Waals surface area contributed by atoms with Crippen molar-refractivity contribution in [3.8, 4) is 0 Å². The van der Waals surface area contributed by atoms with E-state index in [-0.39, 0.29) is 17.7 Å². The fourth-order valence-electron chi connectivity index (χ4n) is 3.24. The SMILES string of the molecule is O=C1S/C(=C\c2ccc(N3CCCCC3)o2)C(=O)N1Cc1ccc(Cl)cc1. The Morgan fingerprint density at radius 3 is 2.52 bits per heavy atom. The molecule has 0 radical (unpaired) electrons. The first-order chi connectivity index (χ1) is 13.1. The molecular weight excluding hydrogens is 384 g/mol. The second kappa shape index (κ2) is 7.82. The molecular formula is C20H19ClN2O3S. The molecule has 1 aromatic carbocycles. The number of carbonyl (C=O) groups excluding carboxylic acids is 2. The summed E-state index contributed by atoms with van der Waals surface area (Å²) in [6.45, 7) is 2.21. The second-order valence-electron chi connectivity index (χ2n) is 6.62. The Balaban J connectivity index is 1.47. The van der Waals surface area contributed by atoms with Gasteiger partial charge >= 0.3 is 0 Å². The van der Waals surface area contributed by atoms with Crippen LogP contribution in [0.5, 0.6) is 0 Å². The Kier molecular flexibility index (Phi) is 5.27. The van der Waals surface area contributed by atoms with Gasteiger partial charge in [0.1, 0.15) is 5.76 Å². The number of benzene rings is 1. The first kappa shape index (κ1) is 18.2. The first-order valence-electron chi connectivity index (χ1n) is 8.95. The molecule has 0 spiro atoms.